The molecule has 25 heavy (non-hydrogen) atoms. The lowest BCUT2D eigenvalue weighted by Gasteiger charge is -2.32. The predicted molar refractivity (Wildman–Crippen MR) is 105 cm³/mol. The lowest BCUT2D eigenvalue weighted by molar-refractivity contribution is 0.00578. The van der Waals surface area contributed by atoms with E-state index in [1.807, 2.05) is 6.07 Å². The summed E-state index contributed by atoms with van der Waals surface area (Å²) in [6.45, 7) is 8.35. The van der Waals surface area contributed by atoms with Crippen molar-refractivity contribution in [3.05, 3.63) is 66.7 Å². The Morgan fingerprint density at radius 1 is 0.720 bits per heavy atom. The van der Waals surface area contributed by atoms with Gasteiger partial charge in [-0.15, -0.1) is 0 Å². The van der Waals surface area contributed by atoms with Crippen LogP contribution < -0.4 is 5.46 Å². The van der Waals surface area contributed by atoms with Crippen LogP contribution in [-0.2, 0) is 9.31 Å². The maximum absolute atomic E-state index is 6.22. The van der Waals surface area contributed by atoms with Crippen LogP contribution in [0.25, 0.3) is 21.9 Å². The topological polar surface area (TPSA) is 18.5 Å². The molecule has 126 valence electrons. The largest absolute Gasteiger partial charge is 0.494 e. The Labute approximate surface area is 149 Å². The zero-order valence-corrected chi connectivity index (χ0v) is 15.2. The lowest BCUT2D eigenvalue weighted by atomic mass is 9.77. The summed E-state index contributed by atoms with van der Waals surface area (Å²) in [6, 6.07) is 23.4. The van der Waals surface area contributed by atoms with Crippen molar-refractivity contribution in [2.24, 2.45) is 0 Å². The van der Waals surface area contributed by atoms with E-state index in [4.69, 9.17) is 9.31 Å². The highest BCUT2D eigenvalue weighted by Crippen LogP contribution is 2.37. The minimum atomic E-state index is -0.335. The molecular formula is C22H23BO2. The van der Waals surface area contributed by atoms with Crippen molar-refractivity contribution in [1.29, 1.82) is 0 Å². The van der Waals surface area contributed by atoms with Gasteiger partial charge in [0.1, 0.15) is 0 Å². The number of fused-ring (bicyclic) bond motifs is 1. The summed E-state index contributed by atoms with van der Waals surface area (Å²) in [7, 11) is -0.335. The average molecular weight is 330 g/mol. The third kappa shape index (κ3) is 2.78. The van der Waals surface area contributed by atoms with E-state index < -0.39 is 0 Å². The van der Waals surface area contributed by atoms with Crippen LogP contribution >= 0.6 is 0 Å². The third-order valence-electron chi connectivity index (χ3n) is 5.52. The summed E-state index contributed by atoms with van der Waals surface area (Å²) in [4.78, 5) is 0. The van der Waals surface area contributed by atoms with Crippen LogP contribution in [0.5, 0.6) is 0 Å². The van der Waals surface area contributed by atoms with Crippen LogP contribution in [0.2, 0.25) is 0 Å². The molecule has 0 amide bonds. The molecule has 0 bridgehead atoms. The van der Waals surface area contributed by atoms with Crippen LogP contribution in [0.3, 0.4) is 0 Å². The minimum Gasteiger partial charge on any atom is -0.399 e. The van der Waals surface area contributed by atoms with E-state index in [0.29, 0.717) is 0 Å². The molecule has 1 heterocycles. The first-order chi connectivity index (χ1) is 11.9. The first-order valence-corrected chi connectivity index (χ1v) is 8.81. The first-order valence-electron chi connectivity index (χ1n) is 8.81. The van der Waals surface area contributed by atoms with Gasteiger partial charge in [0, 0.05) is 0 Å². The zero-order chi connectivity index (χ0) is 17.7. The van der Waals surface area contributed by atoms with Gasteiger partial charge in [0.15, 0.2) is 0 Å². The first kappa shape index (κ1) is 16.4. The van der Waals surface area contributed by atoms with E-state index in [0.717, 1.165) is 5.46 Å². The van der Waals surface area contributed by atoms with Crippen molar-refractivity contribution >= 4 is 23.4 Å². The molecule has 0 N–H and O–H groups in total. The molecule has 0 aromatic heterocycles. The maximum atomic E-state index is 6.22. The molecule has 1 saturated heterocycles. The lowest BCUT2D eigenvalue weighted by Crippen LogP contribution is -2.41. The number of hydrogen-bond acceptors (Lipinski definition) is 2. The second-order valence-corrected chi connectivity index (χ2v) is 7.74. The highest BCUT2D eigenvalue weighted by molar-refractivity contribution is 6.62. The van der Waals surface area contributed by atoms with Crippen molar-refractivity contribution in [3.8, 4) is 11.1 Å². The summed E-state index contributed by atoms with van der Waals surface area (Å²) in [5.41, 5.74) is 2.86. The van der Waals surface area contributed by atoms with Crippen LogP contribution in [0, 0.1) is 0 Å². The fourth-order valence-corrected chi connectivity index (χ4v) is 3.29. The molecule has 0 saturated carbocycles. The Morgan fingerprint density at radius 3 is 2.08 bits per heavy atom. The van der Waals surface area contributed by atoms with Crippen molar-refractivity contribution in [3.63, 3.8) is 0 Å². The number of benzene rings is 3. The smallest absolute Gasteiger partial charge is 0.399 e. The molecule has 1 aliphatic heterocycles. The molecule has 1 aliphatic rings. The van der Waals surface area contributed by atoms with E-state index in [9.17, 15) is 0 Å². The Balaban J connectivity index is 1.81. The molecule has 0 spiro atoms. The third-order valence-corrected chi connectivity index (χ3v) is 5.52. The standard InChI is InChI=1S/C22H23BO2/c1-21(2)22(3,4)25-23(24-21)18-14-13-17-11-8-12-19(20(17)15-18)16-9-6-5-7-10-16/h5-15H,1-4H3. The second-order valence-electron chi connectivity index (χ2n) is 7.74. The van der Waals surface area contributed by atoms with Gasteiger partial charge in [-0.3, -0.25) is 0 Å². The Morgan fingerprint density at radius 2 is 1.40 bits per heavy atom. The van der Waals surface area contributed by atoms with Crippen molar-refractivity contribution in [1.82, 2.24) is 0 Å². The van der Waals surface area contributed by atoms with Gasteiger partial charge in [0.25, 0.3) is 0 Å². The summed E-state index contributed by atoms with van der Waals surface area (Å²) in [5.74, 6) is 0. The van der Waals surface area contributed by atoms with Gasteiger partial charge in [-0.2, -0.15) is 0 Å². The molecule has 4 rings (SSSR count). The molecule has 0 unspecified atom stereocenters. The summed E-state index contributed by atoms with van der Waals surface area (Å²) >= 11 is 0. The van der Waals surface area contributed by atoms with Gasteiger partial charge in [-0.25, -0.2) is 0 Å². The summed E-state index contributed by atoms with van der Waals surface area (Å²) in [6.07, 6.45) is 0. The van der Waals surface area contributed by atoms with E-state index in [2.05, 4.69) is 88.4 Å². The molecule has 1 fully saturated rings. The molecule has 3 heteroatoms. The summed E-state index contributed by atoms with van der Waals surface area (Å²) < 4.78 is 12.4. The van der Waals surface area contributed by atoms with E-state index in [-0.39, 0.29) is 18.3 Å². The Bertz CT molecular complexity index is 900. The number of hydrogen-bond donors (Lipinski definition) is 0. The average Bonchev–Trinajstić information content (AvgIpc) is 2.82. The predicted octanol–water partition coefficient (Wildman–Crippen LogP) is 4.81. The normalized spacial score (nSPS) is 18.6. The van der Waals surface area contributed by atoms with Crippen LogP contribution in [-0.4, -0.2) is 18.3 Å². The van der Waals surface area contributed by atoms with Gasteiger partial charge in [-0.05, 0) is 55.1 Å². The summed E-state index contributed by atoms with van der Waals surface area (Å²) in [5, 5.41) is 2.45. The molecule has 2 nitrogen and oxygen atoms in total. The van der Waals surface area contributed by atoms with Gasteiger partial charge < -0.3 is 9.31 Å². The van der Waals surface area contributed by atoms with E-state index >= 15 is 0 Å². The minimum absolute atomic E-state index is 0.328. The highest BCUT2D eigenvalue weighted by Gasteiger charge is 2.51. The van der Waals surface area contributed by atoms with Crippen molar-refractivity contribution in [2.75, 3.05) is 0 Å². The van der Waals surface area contributed by atoms with Gasteiger partial charge >= 0.3 is 7.12 Å². The van der Waals surface area contributed by atoms with E-state index in [1.54, 1.807) is 0 Å². The quantitative estimate of drug-likeness (QED) is 0.628. The fraction of sp³-hybridized carbons (Fsp3) is 0.273. The van der Waals surface area contributed by atoms with Gasteiger partial charge in [0.05, 0.1) is 11.2 Å². The zero-order valence-electron chi connectivity index (χ0n) is 15.2. The number of rotatable bonds is 2. The SMILES string of the molecule is CC1(C)OB(c2ccc3cccc(-c4ccccc4)c3c2)OC1(C)C. The Kier molecular flexibility index (Phi) is 3.75. The van der Waals surface area contributed by atoms with Crippen molar-refractivity contribution in [2.45, 2.75) is 38.9 Å². The maximum Gasteiger partial charge on any atom is 0.494 e. The van der Waals surface area contributed by atoms with Crippen LogP contribution in [0.4, 0.5) is 0 Å². The van der Waals surface area contributed by atoms with E-state index in [1.165, 1.54) is 21.9 Å². The molecule has 0 aliphatic carbocycles. The fourth-order valence-electron chi connectivity index (χ4n) is 3.29. The molecular weight excluding hydrogens is 307 g/mol. The molecule has 0 radical (unpaired) electrons. The molecule has 3 aromatic rings. The van der Waals surface area contributed by atoms with Crippen LogP contribution in [0.15, 0.2) is 66.7 Å². The monoisotopic (exact) mass is 330 g/mol. The Hall–Kier alpha value is -2.10. The highest BCUT2D eigenvalue weighted by atomic mass is 16.7. The molecule has 3 aromatic carbocycles. The second kappa shape index (κ2) is 5.72. The van der Waals surface area contributed by atoms with Gasteiger partial charge in [-0.1, -0.05) is 66.7 Å². The van der Waals surface area contributed by atoms with Crippen molar-refractivity contribution < 1.29 is 9.31 Å². The molecule has 0 atom stereocenters. The van der Waals surface area contributed by atoms with Gasteiger partial charge in [0.2, 0.25) is 0 Å². The van der Waals surface area contributed by atoms with Crippen LogP contribution in [0.1, 0.15) is 27.7 Å².